The maximum atomic E-state index is 11.5. The lowest BCUT2D eigenvalue weighted by Crippen LogP contribution is -2.38. The molecule has 0 aliphatic rings. The molecule has 2 aromatic rings. The molecule has 2 rings (SSSR count). The molecule has 0 heterocycles. The largest absolute Gasteiger partial charge is 0.357 e. The quantitative estimate of drug-likeness (QED) is 0.463. The summed E-state index contributed by atoms with van der Waals surface area (Å²) in [4.78, 5) is 4.56. The molecule has 8 heteroatoms. The molecule has 0 aliphatic carbocycles. The van der Waals surface area contributed by atoms with Crippen molar-refractivity contribution in [3.8, 4) is 0 Å². The van der Waals surface area contributed by atoms with Crippen LogP contribution in [0, 0.1) is 0 Å². The van der Waals surface area contributed by atoms with E-state index in [0.29, 0.717) is 18.2 Å². The number of sulfonamides is 1. The fraction of sp³-hybridized carbons (Fsp3) is 0.316. The Labute approximate surface area is 166 Å². The summed E-state index contributed by atoms with van der Waals surface area (Å²) in [6, 6.07) is 15.0. The third kappa shape index (κ3) is 7.88. The summed E-state index contributed by atoms with van der Waals surface area (Å²) in [5, 5.41) is 7.21. The van der Waals surface area contributed by atoms with Crippen LogP contribution in [0.5, 0.6) is 0 Å². The van der Waals surface area contributed by atoms with Crippen molar-refractivity contribution in [3.63, 3.8) is 0 Å². The number of hydrogen-bond donors (Lipinski definition) is 3. The summed E-state index contributed by atoms with van der Waals surface area (Å²) < 4.78 is 25.5. The average Bonchev–Trinajstić information content (AvgIpc) is 2.61. The van der Waals surface area contributed by atoms with Crippen molar-refractivity contribution in [2.45, 2.75) is 19.9 Å². The summed E-state index contributed by atoms with van der Waals surface area (Å²) in [6.45, 7) is 3.80. The van der Waals surface area contributed by atoms with Crippen molar-refractivity contribution in [2.75, 3.05) is 24.1 Å². The molecule has 0 aromatic heterocycles. The highest BCUT2D eigenvalue weighted by atomic mass is 35.5. The van der Waals surface area contributed by atoms with E-state index in [1.807, 2.05) is 43.3 Å². The van der Waals surface area contributed by atoms with E-state index in [0.717, 1.165) is 36.4 Å². The Bertz CT molecular complexity index is 868. The molecule has 0 saturated heterocycles. The van der Waals surface area contributed by atoms with Gasteiger partial charge in [0.1, 0.15) is 0 Å². The highest BCUT2D eigenvalue weighted by molar-refractivity contribution is 7.92. The molecule has 0 fully saturated rings. The van der Waals surface area contributed by atoms with Gasteiger partial charge in [0, 0.05) is 18.1 Å². The third-order valence-corrected chi connectivity index (χ3v) is 4.53. The van der Waals surface area contributed by atoms with Gasteiger partial charge in [-0.15, -0.1) is 0 Å². The number of aliphatic imine (C=N–C) groups is 1. The second-order valence-electron chi connectivity index (χ2n) is 6.03. The van der Waals surface area contributed by atoms with Crippen LogP contribution in [-0.2, 0) is 23.0 Å². The lowest BCUT2D eigenvalue weighted by molar-refractivity contribution is 0.606. The fourth-order valence-electron chi connectivity index (χ4n) is 2.44. The van der Waals surface area contributed by atoms with Crippen molar-refractivity contribution >= 4 is 33.3 Å². The van der Waals surface area contributed by atoms with Crippen LogP contribution in [0.1, 0.15) is 18.1 Å². The van der Waals surface area contributed by atoms with Crippen molar-refractivity contribution in [1.82, 2.24) is 10.6 Å². The molecule has 0 radical (unpaired) electrons. The molecule has 0 unspecified atom stereocenters. The van der Waals surface area contributed by atoms with Gasteiger partial charge < -0.3 is 10.6 Å². The minimum Gasteiger partial charge on any atom is -0.357 e. The lowest BCUT2D eigenvalue weighted by atomic mass is 10.1. The Hall–Kier alpha value is -2.25. The van der Waals surface area contributed by atoms with Gasteiger partial charge in [0.25, 0.3) is 0 Å². The molecule has 0 aliphatic heterocycles. The zero-order valence-electron chi connectivity index (χ0n) is 15.5. The Morgan fingerprint density at radius 2 is 1.78 bits per heavy atom. The van der Waals surface area contributed by atoms with E-state index in [9.17, 15) is 8.42 Å². The Morgan fingerprint density at radius 3 is 2.44 bits per heavy atom. The smallest absolute Gasteiger partial charge is 0.229 e. The minimum absolute atomic E-state index is 0.356. The first-order valence-corrected chi connectivity index (χ1v) is 11.0. The average molecular weight is 409 g/mol. The van der Waals surface area contributed by atoms with Gasteiger partial charge >= 0.3 is 0 Å². The van der Waals surface area contributed by atoms with Gasteiger partial charge in [-0.25, -0.2) is 13.4 Å². The Kier molecular flexibility index (Phi) is 7.94. The maximum absolute atomic E-state index is 11.5. The molecule has 0 spiro atoms. The fourth-order valence-corrected chi connectivity index (χ4v) is 3.16. The maximum Gasteiger partial charge on any atom is 0.229 e. The topological polar surface area (TPSA) is 82.6 Å². The SMILES string of the molecule is CCNC(=NCc1ccccc1NS(C)(=O)=O)NCCc1ccc(Cl)cc1. The minimum atomic E-state index is -3.34. The van der Waals surface area contributed by atoms with Gasteiger partial charge in [0.05, 0.1) is 18.5 Å². The molecule has 0 bridgehead atoms. The summed E-state index contributed by atoms with van der Waals surface area (Å²) in [7, 11) is -3.34. The first-order valence-electron chi connectivity index (χ1n) is 8.69. The van der Waals surface area contributed by atoms with Gasteiger partial charge in [-0.1, -0.05) is 41.9 Å². The van der Waals surface area contributed by atoms with E-state index >= 15 is 0 Å². The van der Waals surface area contributed by atoms with Crippen LogP contribution in [0.15, 0.2) is 53.5 Å². The number of anilines is 1. The van der Waals surface area contributed by atoms with E-state index in [1.54, 1.807) is 12.1 Å². The Balaban J connectivity index is 1.99. The number of halogens is 1. The molecule has 0 amide bonds. The van der Waals surface area contributed by atoms with E-state index < -0.39 is 10.0 Å². The third-order valence-electron chi connectivity index (χ3n) is 3.68. The number of guanidine groups is 1. The second kappa shape index (κ2) is 10.2. The number of rotatable bonds is 8. The van der Waals surface area contributed by atoms with Gasteiger partial charge in [0.15, 0.2) is 5.96 Å². The molecular formula is C19H25ClN4O2S. The predicted molar refractivity (Wildman–Crippen MR) is 113 cm³/mol. The second-order valence-corrected chi connectivity index (χ2v) is 8.21. The van der Waals surface area contributed by atoms with Crippen molar-refractivity contribution in [3.05, 3.63) is 64.7 Å². The normalized spacial score (nSPS) is 11.9. The van der Waals surface area contributed by atoms with Crippen LogP contribution in [-0.4, -0.2) is 33.7 Å². The molecule has 27 heavy (non-hydrogen) atoms. The van der Waals surface area contributed by atoms with E-state index in [-0.39, 0.29) is 0 Å². The van der Waals surface area contributed by atoms with E-state index in [4.69, 9.17) is 11.6 Å². The number of nitrogens with zero attached hydrogens (tertiary/aromatic N) is 1. The number of nitrogens with one attached hydrogen (secondary N) is 3. The molecule has 2 aromatic carbocycles. The van der Waals surface area contributed by atoms with Gasteiger partial charge in [-0.2, -0.15) is 0 Å². The van der Waals surface area contributed by atoms with Crippen molar-refractivity contribution in [2.24, 2.45) is 4.99 Å². The van der Waals surface area contributed by atoms with Gasteiger partial charge in [0.2, 0.25) is 10.0 Å². The van der Waals surface area contributed by atoms with E-state index in [1.165, 1.54) is 5.56 Å². The van der Waals surface area contributed by atoms with Crippen LogP contribution >= 0.6 is 11.6 Å². The van der Waals surface area contributed by atoms with Gasteiger partial charge in [-0.05, 0) is 42.7 Å². The monoisotopic (exact) mass is 408 g/mol. The summed E-state index contributed by atoms with van der Waals surface area (Å²) in [5.41, 5.74) is 2.53. The van der Waals surface area contributed by atoms with Crippen LogP contribution in [0.3, 0.4) is 0 Å². The highest BCUT2D eigenvalue weighted by Gasteiger charge is 2.07. The number of para-hydroxylation sites is 1. The molecule has 0 atom stereocenters. The zero-order valence-corrected chi connectivity index (χ0v) is 17.1. The highest BCUT2D eigenvalue weighted by Crippen LogP contribution is 2.17. The van der Waals surface area contributed by atoms with Crippen LogP contribution in [0.2, 0.25) is 5.02 Å². The number of benzene rings is 2. The van der Waals surface area contributed by atoms with Crippen LogP contribution in [0.25, 0.3) is 0 Å². The standard InChI is InChI=1S/C19H25ClN4O2S/c1-3-21-19(22-13-12-15-8-10-17(20)11-9-15)23-14-16-6-4-5-7-18(16)24-27(2,25)26/h4-11,24H,3,12-14H2,1-2H3,(H2,21,22,23). The summed E-state index contributed by atoms with van der Waals surface area (Å²) >= 11 is 5.90. The molecular weight excluding hydrogens is 384 g/mol. The molecule has 0 saturated carbocycles. The molecule has 146 valence electrons. The van der Waals surface area contributed by atoms with Gasteiger partial charge in [-0.3, -0.25) is 4.72 Å². The molecule has 3 N–H and O–H groups in total. The lowest BCUT2D eigenvalue weighted by Gasteiger charge is -2.13. The first-order chi connectivity index (χ1) is 12.9. The molecule has 6 nitrogen and oxygen atoms in total. The predicted octanol–water partition coefficient (Wildman–Crippen LogP) is 3.01. The summed E-state index contributed by atoms with van der Waals surface area (Å²) in [6.07, 6.45) is 1.98. The number of hydrogen-bond acceptors (Lipinski definition) is 3. The Morgan fingerprint density at radius 1 is 1.07 bits per heavy atom. The summed E-state index contributed by atoms with van der Waals surface area (Å²) in [5.74, 6) is 0.681. The van der Waals surface area contributed by atoms with Crippen LogP contribution < -0.4 is 15.4 Å². The van der Waals surface area contributed by atoms with Crippen LogP contribution in [0.4, 0.5) is 5.69 Å². The van der Waals surface area contributed by atoms with E-state index in [2.05, 4.69) is 20.3 Å². The first kappa shape index (κ1) is 21.1. The van der Waals surface area contributed by atoms with Crippen molar-refractivity contribution < 1.29 is 8.42 Å². The van der Waals surface area contributed by atoms with Crippen molar-refractivity contribution in [1.29, 1.82) is 0 Å². The zero-order chi connectivity index (χ0) is 19.7.